The van der Waals surface area contributed by atoms with Gasteiger partial charge in [0.25, 0.3) is 0 Å². The third-order valence-electron chi connectivity index (χ3n) is 4.97. The summed E-state index contributed by atoms with van der Waals surface area (Å²) in [5.41, 5.74) is 3.91. The summed E-state index contributed by atoms with van der Waals surface area (Å²) in [6.45, 7) is 9.95. The van der Waals surface area contributed by atoms with E-state index in [1.165, 1.54) is 11.1 Å². The lowest BCUT2D eigenvalue weighted by atomic mass is 9.86. The minimum Gasteiger partial charge on any atom is -0.455 e. The number of aryl methyl sites for hydroxylation is 2. The van der Waals surface area contributed by atoms with Crippen LogP contribution in [0.1, 0.15) is 33.4 Å². The van der Waals surface area contributed by atoms with Gasteiger partial charge in [-0.15, -0.1) is 0 Å². The zero-order valence-corrected chi connectivity index (χ0v) is 20.0. The van der Waals surface area contributed by atoms with Crippen molar-refractivity contribution in [3.05, 3.63) is 78.0 Å². The molecule has 7 heteroatoms. The fourth-order valence-electron chi connectivity index (χ4n) is 3.09. The molecule has 0 aliphatic rings. The number of aromatic nitrogens is 2. The SMILES string of the molecule is C/C(=C\C(=C/NC=O)C(C)(C)C)NC=O.Cc1cc2cccc(Oc3ccncc3)c2n1C. The van der Waals surface area contributed by atoms with Gasteiger partial charge in [-0.25, -0.2) is 0 Å². The van der Waals surface area contributed by atoms with Crippen molar-refractivity contribution in [2.24, 2.45) is 12.5 Å². The molecule has 0 bridgehead atoms. The normalized spacial score (nSPS) is 11.9. The Morgan fingerprint density at radius 3 is 2.39 bits per heavy atom. The molecular formula is C26H32N4O3. The van der Waals surface area contributed by atoms with Crippen molar-refractivity contribution < 1.29 is 14.3 Å². The number of rotatable bonds is 7. The van der Waals surface area contributed by atoms with Gasteiger partial charge in [0, 0.05) is 42.4 Å². The Bertz CT molecular complexity index is 1140. The topological polar surface area (TPSA) is 85.2 Å². The predicted molar refractivity (Wildman–Crippen MR) is 132 cm³/mol. The molecule has 174 valence electrons. The summed E-state index contributed by atoms with van der Waals surface area (Å²) in [5.74, 6) is 1.67. The Morgan fingerprint density at radius 1 is 1.09 bits per heavy atom. The Balaban J connectivity index is 0.000000239. The number of pyridine rings is 1. The molecule has 0 spiro atoms. The van der Waals surface area contributed by atoms with E-state index in [4.69, 9.17) is 4.74 Å². The molecule has 2 N–H and O–H groups in total. The first kappa shape index (κ1) is 25.4. The average Bonchev–Trinajstić information content (AvgIpc) is 3.06. The second-order valence-corrected chi connectivity index (χ2v) is 8.55. The molecule has 2 heterocycles. The maximum atomic E-state index is 10.2. The maximum Gasteiger partial charge on any atom is 0.211 e. The number of amides is 2. The largest absolute Gasteiger partial charge is 0.455 e. The molecule has 0 aliphatic heterocycles. The van der Waals surface area contributed by atoms with Gasteiger partial charge >= 0.3 is 0 Å². The van der Waals surface area contributed by atoms with Gasteiger partial charge in [-0.3, -0.25) is 14.6 Å². The molecule has 0 unspecified atom stereocenters. The van der Waals surface area contributed by atoms with E-state index in [0.717, 1.165) is 28.3 Å². The monoisotopic (exact) mass is 448 g/mol. The van der Waals surface area contributed by atoms with Crippen molar-refractivity contribution in [2.45, 2.75) is 34.6 Å². The number of ether oxygens (including phenoxy) is 1. The molecular weight excluding hydrogens is 416 g/mol. The van der Waals surface area contributed by atoms with Gasteiger partial charge in [0.2, 0.25) is 12.8 Å². The number of nitrogens with one attached hydrogen (secondary N) is 2. The molecule has 7 nitrogen and oxygen atoms in total. The molecule has 0 aliphatic carbocycles. The number of para-hydroxylation sites is 1. The first-order valence-corrected chi connectivity index (χ1v) is 10.6. The van der Waals surface area contributed by atoms with Gasteiger partial charge in [0.05, 0.1) is 5.52 Å². The van der Waals surface area contributed by atoms with E-state index in [-0.39, 0.29) is 5.41 Å². The first-order valence-electron chi connectivity index (χ1n) is 10.6. The number of hydrogen-bond acceptors (Lipinski definition) is 4. The van der Waals surface area contributed by atoms with Crippen LogP contribution in [0.3, 0.4) is 0 Å². The Morgan fingerprint density at radius 2 is 1.79 bits per heavy atom. The quantitative estimate of drug-likeness (QED) is 0.394. The fourth-order valence-corrected chi connectivity index (χ4v) is 3.09. The number of allylic oxidation sites excluding steroid dienone is 3. The van der Waals surface area contributed by atoms with Crippen molar-refractivity contribution >= 4 is 23.7 Å². The van der Waals surface area contributed by atoms with E-state index < -0.39 is 0 Å². The summed E-state index contributed by atoms with van der Waals surface area (Å²) >= 11 is 0. The minimum absolute atomic E-state index is 0.0954. The van der Waals surface area contributed by atoms with Gasteiger partial charge in [-0.1, -0.05) is 32.9 Å². The van der Waals surface area contributed by atoms with Crippen LogP contribution in [-0.4, -0.2) is 22.4 Å². The highest BCUT2D eigenvalue weighted by Crippen LogP contribution is 2.31. The molecule has 0 atom stereocenters. The van der Waals surface area contributed by atoms with Crippen LogP contribution in [0.15, 0.2) is 72.3 Å². The highest BCUT2D eigenvalue weighted by atomic mass is 16.5. The van der Waals surface area contributed by atoms with Crippen LogP contribution < -0.4 is 15.4 Å². The summed E-state index contributed by atoms with van der Waals surface area (Å²) in [6.07, 6.45) is 8.15. The van der Waals surface area contributed by atoms with Gasteiger partial charge in [-0.05, 0) is 55.2 Å². The zero-order chi connectivity index (χ0) is 24.4. The smallest absolute Gasteiger partial charge is 0.211 e. The number of nitrogens with zero attached hydrogens (tertiary/aromatic N) is 2. The van der Waals surface area contributed by atoms with Crippen LogP contribution in [0.2, 0.25) is 0 Å². The molecule has 2 amide bonds. The average molecular weight is 449 g/mol. The third-order valence-corrected chi connectivity index (χ3v) is 4.97. The van der Waals surface area contributed by atoms with Gasteiger partial charge in [-0.2, -0.15) is 0 Å². The Kier molecular flexibility index (Phi) is 8.98. The van der Waals surface area contributed by atoms with E-state index >= 15 is 0 Å². The van der Waals surface area contributed by atoms with Crippen LogP contribution in [0.5, 0.6) is 11.5 Å². The highest BCUT2D eigenvalue weighted by Gasteiger charge is 2.15. The fraction of sp³-hybridized carbons (Fsp3) is 0.269. The lowest BCUT2D eigenvalue weighted by Crippen LogP contribution is -2.15. The zero-order valence-electron chi connectivity index (χ0n) is 20.0. The summed E-state index contributed by atoms with van der Waals surface area (Å²) in [5, 5.41) is 6.24. The van der Waals surface area contributed by atoms with E-state index in [0.29, 0.717) is 12.8 Å². The number of carbonyl (C=O) groups excluding carboxylic acids is 2. The van der Waals surface area contributed by atoms with E-state index in [9.17, 15) is 9.59 Å². The molecule has 0 fully saturated rings. The van der Waals surface area contributed by atoms with Crippen LogP contribution in [0.4, 0.5) is 0 Å². The van der Waals surface area contributed by atoms with E-state index in [1.54, 1.807) is 25.5 Å². The van der Waals surface area contributed by atoms with Crippen LogP contribution in [-0.2, 0) is 16.6 Å². The van der Waals surface area contributed by atoms with E-state index in [1.807, 2.05) is 51.1 Å². The standard InChI is InChI=1S/C15H14N2O.C11H18N2O2/c1-11-10-12-4-3-5-14(15(12)17(11)2)18-13-6-8-16-9-7-13;1-9(13-8-15)5-10(6-12-7-14)11(2,3)4/h3-10H,1-2H3;5-8H,1-4H3,(H,12,14)(H,13,15)/b;9-5+,10-6+. The Labute approximate surface area is 195 Å². The Hall–Kier alpha value is -3.87. The number of hydrogen-bond donors (Lipinski definition) is 2. The van der Waals surface area contributed by atoms with Crippen molar-refractivity contribution in [1.29, 1.82) is 0 Å². The number of fused-ring (bicyclic) bond motifs is 1. The summed E-state index contributed by atoms with van der Waals surface area (Å²) in [4.78, 5) is 24.4. The van der Waals surface area contributed by atoms with Crippen molar-refractivity contribution in [1.82, 2.24) is 20.2 Å². The van der Waals surface area contributed by atoms with Crippen molar-refractivity contribution in [3.63, 3.8) is 0 Å². The van der Waals surface area contributed by atoms with Gasteiger partial charge in [0.15, 0.2) is 5.75 Å². The summed E-state index contributed by atoms with van der Waals surface area (Å²) in [6, 6.07) is 12.0. The predicted octanol–water partition coefficient (Wildman–Crippen LogP) is 4.99. The maximum absolute atomic E-state index is 10.2. The second kappa shape index (κ2) is 11.7. The van der Waals surface area contributed by atoms with Crippen LogP contribution in [0.25, 0.3) is 10.9 Å². The lowest BCUT2D eigenvalue weighted by Gasteiger charge is -2.20. The molecule has 3 aromatic rings. The van der Waals surface area contributed by atoms with Gasteiger partial charge < -0.3 is 19.9 Å². The molecule has 0 saturated heterocycles. The summed E-state index contributed by atoms with van der Waals surface area (Å²) < 4.78 is 8.07. The second-order valence-electron chi connectivity index (χ2n) is 8.55. The van der Waals surface area contributed by atoms with Gasteiger partial charge in [0.1, 0.15) is 5.75 Å². The molecule has 33 heavy (non-hydrogen) atoms. The van der Waals surface area contributed by atoms with Crippen LogP contribution in [0, 0.1) is 12.3 Å². The lowest BCUT2D eigenvalue weighted by molar-refractivity contribution is -0.109. The summed E-state index contributed by atoms with van der Waals surface area (Å²) in [7, 11) is 2.05. The molecule has 0 radical (unpaired) electrons. The number of benzene rings is 1. The minimum atomic E-state index is -0.0954. The number of carbonyl (C=O) groups is 2. The van der Waals surface area contributed by atoms with Crippen molar-refractivity contribution in [3.8, 4) is 11.5 Å². The van der Waals surface area contributed by atoms with E-state index in [2.05, 4.69) is 46.3 Å². The molecule has 0 saturated carbocycles. The molecule has 3 rings (SSSR count). The first-order chi connectivity index (χ1) is 15.7. The third kappa shape index (κ3) is 7.35. The van der Waals surface area contributed by atoms with Crippen LogP contribution >= 0.6 is 0 Å². The molecule has 2 aromatic heterocycles. The van der Waals surface area contributed by atoms with Crippen molar-refractivity contribution in [2.75, 3.05) is 0 Å². The highest BCUT2D eigenvalue weighted by molar-refractivity contribution is 5.87. The molecule has 1 aromatic carbocycles.